The van der Waals surface area contributed by atoms with Crippen LogP contribution < -0.4 is 5.32 Å². The van der Waals surface area contributed by atoms with Gasteiger partial charge in [0, 0.05) is 0 Å². The van der Waals surface area contributed by atoms with Crippen molar-refractivity contribution < 1.29 is 5.11 Å². The van der Waals surface area contributed by atoms with Crippen molar-refractivity contribution >= 4 is 0 Å². The maximum atomic E-state index is 10.3. The summed E-state index contributed by atoms with van der Waals surface area (Å²) in [4.78, 5) is 0. The molecule has 0 saturated heterocycles. The van der Waals surface area contributed by atoms with Gasteiger partial charge in [-0.25, -0.2) is 0 Å². The van der Waals surface area contributed by atoms with E-state index in [1.54, 1.807) is 0 Å². The third-order valence-corrected chi connectivity index (χ3v) is 4.50. The lowest BCUT2D eigenvalue weighted by atomic mass is 9.80. The molecule has 15 heavy (non-hydrogen) atoms. The van der Waals surface area contributed by atoms with Gasteiger partial charge in [-0.15, -0.1) is 0 Å². The maximum Gasteiger partial charge on any atom is 0.0634 e. The van der Waals surface area contributed by atoms with Crippen molar-refractivity contribution in [1.29, 1.82) is 0 Å². The molecule has 0 aromatic rings. The zero-order valence-electron chi connectivity index (χ0n) is 10.1. The lowest BCUT2D eigenvalue weighted by Crippen LogP contribution is -2.32. The topological polar surface area (TPSA) is 32.3 Å². The van der Waals surface area contributed by atoms with Crippen LogP contribution >= 0.6 is 0 Å². The van der Waals surface area contributed by atoms with E-state index in [2.05, 4.69) is 5.32 Å². The van der Waals surface area contributed by atoms with Gasteiger partial charge in [0.05, 0.1) is 5.60 Å². The van der Waals surface area contributed by atoms with Crippen molar-refractivity contribution in [1.82, 2.24) is 5.32 Å². The summed E-state index contributed by atoms with van der Waals surface area (Å²) in [5.41, 5.74) is -0.446. The Morgan fingerprint density at radius 1 is 1.33 bits per heavy atom. The highest BCUT2D eigenvalue weighted by molar-refractivity contribution is 4.93. The molecule has 0 spiro atoms. The number of hydrogen-bond acceptors (Lipinski definition) is 2. The Labute approximate surface area is 93.5 Å². The van der Waals surface area contributed by atoms with E-state index in [-0.39, 0.29) is 0 Å². The van der Waals surface area contributed by atoms with Gasteiger partial charge in [-0.1, -0.05) is 6.42 Å². The molecular formula is C13H25NO. The van der Waals surface area contributed by atoms with Crippen LogP contribution in [0.1, 0.15) is 45.4 Å². The summed E-state index contributed by atoms with van der Waals surface area (Å²) in [5, 5.41) is 13.4. The molecule has 2 N–H and O–H groups in total. The second kappa shape index (κ2) is 4.42. The van der Waals surface area contributed by atoms with Crippen LogP contribution in [0.4, 0.5) is 0 Å². The molecule has 4 unspecified atom stereocenters. The summed E-state index contributed by atoms with van der Waals surface area (Å²) in [5.74, 6) is 2.76. The van der Waals surface area contributed by atoms with Crippen molar-refractivity contribution in [3.8, 4) is 0 Å². The SMILES string of the molecule is CNCCC(C)(O)CC1CC2CCC1C2. The molecule has 0 amide bonds. The van der Waals surface area contributed by atoms with Gasteiger partial charge >= 0.3 is 0 Å². The number of hydrogen-bond donors (Lipinski definition) is 2. The summed E-state index contributed by atoms with van der Waals surface area (Å²) >= 11 is 0. The smallest absolute Gasteiger partial charge is 0.0634 e. The van der Waals surface area contributed by atoms with Gasteiger partial charge in [0.15, 0.2) is 0 Å². The van der Waals surface area contributed by atoms with E-state index in [9.17, 15) is 5.11 Å². The molecule has 2 aliphatic carbocycles. The summed E-state index contributed by atoms with van der Waals surface area (Å²) in [7, 11) is 1.95. The van der Waals surface area contributed by atoms with Crippen LogP contribution in [0.25, 0.3) is 0 Å². The Kier molecular flexibility index (Phi) is 3.36. The van der Waals surface area contributed by atoms with Gasteiger partial charge < -0.3 is 10.4 Å². The minimum atomic E-state index is -0.446. The van der Waals surface area contributed by atoms with Gasteiger partial charge in [-0.05, 0) is 70.4 Å². The first kappa shape index (κ1) is 11.4. The predicted molar refractivity (Wildman–Crippen MR) is 62.7 cm³/mol. The van der Waals surface area contributed by atoms with Crippen molar-refractivity contribution in [2.45, 2.75) is 51.0 Å². The van der Waals surface area contributed by atoms with Crippen molar-refractivity contribution in [2.24, 2.45) is 17.8 Å². The molecule has 2 bridgehead atoms. The quantitative estimate of drug-likeness (QED) is 0.730. The van der Waals surface area contributed by atoms with Crippen molar-refractivity contribution in [3.63, 3.8) is 0 Å². The standard InChI is InChI=1S/C13H25NO/c1-13(15,5-6-14-2)9-12-8-10-3-4-11(12)7-10/h10-12,14-15H,3-9H2,1-2H3. The maximum absolute atomic E-state index is 10.3. The normalized spacial score (nSPS) is 38.2. The van der Waals surface area contributed by atoms with Crippen molar-refractivity contribution in [3.05, 3.63) is 0 Å². The number of aliphatic hydroxyl groups is 1. The Morgan fingerprint density at radius 2 is 2.13 bits per heavy atom. The van der Waals surface area contributed by atoms with Gasteiger partial charge in [0.2, 0.25) is 0 Å². The molecule has 2 heteroatoms. The van der Waals surface area contributed by atoms with E-state index in [4.69, 9.17) is 0 Å². The third kappa shape index (κ3) is 2.73. The molecule has 0 aliphatic heterocycles. The Hall–Kier alpha value is -0.0800. The zero-order chi connectivity index (χ0) is 10.9. The molecule has 0 heterocycles. The fourth-order valence-electron chi connectivity index (χ4n) is 3.69. The lowest BCUT2D eigenvalue weighted by Gasteiger charge is -2.31. The van der Waals surface area contributed by atoms with Crippen LogP contribution in [-0.4, -0.2) is 24.3 Å². The second-order valence-corrected chi connectivity index (χ2v) is 5.99. The zero-order valence-corrected chi connectivity index (χ0v) is 10.1. The van der Waals surface area contributed by atoms with Crippen LogP contribution in [0.5, 0.6) is 0 Å². The molecule has 2 rings (SSSR count). The van der Waals surface area contributed by atoms with E-state index >= 15 is 0 Å². The van der Waals surface area contributed by atoms with E-state index in [0.29, 0.717) is 0 Å². The molecule has 2 saturated carbocycles. The number of nitrogens with one attached hydrogen (secondary N) is 1. The highest BCUT2D eigenvalue weighted by Gasteiger charge is 2.41. The molecular weight excluding hydrogens is 186 g/mol. The highest BCUT2D eigenvalue weighted by Crippen LogP contribution is 2.50. The summed E-state index contributed by atoms with van der Waals surface area (Å²) in [6.07, 6.45) is 7.64. The largest absolute Gasteiger partial charge is 0.390 e. The average Bonchev–Trinajstić information content (AvgIpc) is 2.75. The van der Waals surface area contributed by atoms with Gasteiger partial charge in [-0.3, -0.25) is 0 Å². The van der Waals surface area contributed by atoms with Crippen LogP contribution in [0.15, 0.2) is 0 Å². The Bertz CT molecular complexity index is 215. The fourth-order valence-corrected chi connectivity index (χ4v) is 3.69. The molecule has 4 atom stereocenters. The summed E-state index contributed by atoms with van der Waals surface area (Å²) in [6, 6.07) is 0. The second-order valence-electron chi connectivity index (χ2n) is 5.99. The minimum Gasteiger partial charge on any atom is -0.390 e. The fraction of sp³-hybridized carbons (Fsp3) is 1.00. The molecule has 2 fully saturated rings. The monoisotopic (exact) mass is 211 g/mol. The molecule has 0 aromatic heterocycles. The Morgan fingerprint density at radius 3 is 2.67 bits per heavy atom. The lowest BCUT2D eigenvalue weighted by molar-refractivity contribution is 0.0173. The Balaban J connectivity index is 1.80. The summed E-state index contributed by atoms with van der Waals surface area (Å²) in [6.45, 7) is 2.93. The van der Waals surface area contributed by atoms with Crippen LogP contribution in [-0.2, 0) is 0 Å². The molecule has 0 radical (unpaired) electrons. The average molecular weight is 211 g/mol. The van der Waals surface area contributed by atoms with Gasteiger partial charge in [-0.2, -0.15) is 0 Å². The minimum absolute atomic E-state index is 0.446. The molecule has 2 nitrogen and oxygen atoms in total. The van der Waals surface area contributed by atoms with Crippen LogP contribution in [0.3, 0.4) is 0 Å². The predicted octanol–water partition coefficient (Wildman–Crippen LogP) is 2.17. The van der Waals surface area contributed by atoms with Crippen LogP contribution in [0, 0.1) is 17.8 Å². The number of fused-ring (bicyclic) bond motifs is 2. The van der Waals surface area contributed by atoms with E-state index in [1.807, 2.05) is 14.0 Å². The molecule has 0 aromatic carbocycles. The van der Waals surface area contributed by atoms with E-state index in [1.165, 1.54) is 25.7 Å². The highest BCUT2D eigenvalue weighted by atomic mass is 16.3. The van der Waals surface area contributed by atoms with E-state index < -0.39 is 5.60 Å². The van der Waals surface area contributed by atoms with Crippen molar-refractivity contribution in [2.75, 3.05) is 13.6 Å². The first-order valence-corrected chi connectivity index (χ1v) is 6.48. The third-order valence-electron chi connectivity index (χ3n) is 4.50. The molecule has 2 aliphatic rings. The first-order valence-electron chi connectivity index (χ1n) is 6.48. The van der Waals surface area contributed by atoms with E-state index in [0.717, 1.165) is 37.1 Å². The number of rotatable bonds is 5. The summed E-state index contributed by atoms with van der Waals surface area (Å²) < 4.78 is 0. The molecule has 88 valence electrons. The first-order chi connectivity index (χ1) is 7.11. The van der Waals surface area contributed by atoms with Gasteiger partial charge in [0.25, 0.3) is 0 Å². The van der Waals surface area contributed by atoms with Gasteiger partial charge in [0.1, 0.15) is 0 Å². The van der Waals surface area contributed by atoms with Crippen LogP contribution in [0.2, 0.25) is 0 Å².